The summed E-state index contributed by atoms with van der Waals surface area (Å²) in [4.78, 5) is 58.1. The zero-order valence-corrected chi connectivity index (χ0v) is 56.2. The minimum absolute atomic E-state index is 0.107. The van der Waals surface area contributed by atoms with Crippen molar-refractivity contribution in [2.75, 3.05) is 39.6 Å². The van der Waals surface area contributed by atoms with Gasteiger partial charge >= 0.3 is 33.6 Å². The highest BCUT2D eigenvalue weighted by Gasteiger charge is 2.29. The van der Waals surface area contributed by atoms with Gasteiger partial charge in [0, 0.05) is 19.3 Å². The third kappa shape index (κ3) is 64.1. The van der Waals surface area contributed by atoms with Gasteiger partial charge in [0.1, 0.15) is 25.4 Å². The number of carbonyl (C=O) groups excluding carboxylic acids is 3. The Morgan fingerprint density at radius 1 is 0.333 bits per heavy atom. The third-order valence-electron chi connectivity index (χ3n) is 14.1. The van der Waals surface area contributed by atoms with Crippen LogP contribution < -0.4 is 0 Å². The van der Waals surface area contributed by atoms with Crippen molar-refractivity contribution in [1.82, 2.24) is 0 Å². The summed E-state index contributed by atoms with van der Waals surface area (Å²) in [5.41, 5.74) is 0. The zero-order chi connectivity index (χ0) is 63.8. The number of esters is 3. The maximum atomic E-state index is 12.8. The topological polar surface area (TPSA) is 231 Å². The number of allylic oxidation sites excluding steroid dienone is 14. The molecule has 0 aliphatic rings. The van der Waals surface area contributed by atoms with Gasteiger partial charge in [0.15, 0.2) is 6.10 Å². The van der Waals surface area contributed by atoms with Crippen molar-refractivity contribution in [3.8, 4) is 0 Å². The molecule has 0 aromatic carbocycles. The molecule has 0 aliphatic carbocycles. The summed E-state index contributed by atoms with van der Waals surface area (Å²) in [6.07, 6.45) is 66.7. The van der Waals surface area contributed by atoms with Crippen LogP contribution in [0, 0.1) is 0 Å². The molecule has 0 saturated heterocycles. The minimum atomic E-state index is -4.91. The van der Waals surface area contributed by atoms with E-state index in [9.17, 15) is 43.5 Å². The van der Waals surface area contributed by atoms with Gasteiger partial charge < -0.3 is 34.2 Å². The molecule has 0 aromatic rings. The van der Waals surface area contributed by atoms with Gasteiger partial charge in [-0.25, -0.2) is 9.13 Å². The highest BCUT2D eigenvalue weighted by atomic mass is 31.2. The van der Waals surface area contributed by atoms with Gasteiger partial charge in [0.2, 0.25) is 0 Å². The predicted molar refractivity (Wildman–Crippen MR) is 353 cm³/mol. The first-order valence-corrected chi connectivity index (χ1v) is 36.9. The number of hydrogen-bond donors (Lipinski definition) is 4. The molecule has 504 valence electrons. The third-order valence-corrected chi connectivity index (χ3v) is 16.0. The van der Waals surface area contributed by atoms with Crippen LogP contribution in [-0.2, 0) is 55.8 Å². The van der Waals surface area contributed by atoms with Gasteiger partial charge in [0.05, 0.1) is 26.4 Å². The van der Waals surface area contributed by atoms with Gasteiger partial charge in [0.25, 0.3) is 0 Å². The molecule has 4 N–H and O–H groups in total. The fraction of sp³-hybridized carbons (Fsp3) is 0.754. The molecule has 0 aromatic heterocycles. The van der Waals surface area contributed by atoms with Crippen LogP contribution >= 0.6 is 15.6 Å². The summed E-state index contributed by atoms with van der Waals surface area (Å²) in [7, 11) is -9.76. The Bertz CT molecular complexity index is 1930. The van der Waals surface area contributed by atoms with E-state index < -0.39 is 91.5 Å². The van der Waals surface area contributed by atoms with Crippen molar-refractivity contribution >= 4 is 33.6 Å². The maximum absolute atomic E-state index is 12.8. The van der Waals surface area contributed by atoms with Crippen molar-refractivity contribution in [2.24, 2.45) is 0 Å². The second-order valence-electron chi connectivity index (χ2n) is 22.6. The summed E-state index contributed by atoms with van der Waals surface area (Å²) in [6, 6.07) is 0. The Labute approximate surface area is 527 Å². The fourth-order valence-electron chi connectivity index (χ4n) is 8.91. The number of unbranched alkanes of at least 4 members (excludes halogenated alkanes) is 27. The molecule has 0 amide bonds. The molecule has 5 unspecified atom stereocenters. The lowest BCUT2D eigenvalue weighted by atomic mass is 10.1. The van der Waals surface area contributed by atoms with Crippen LogP contribution in [0.4, 0.5) is 0 Å². The van der Waals surface area contributed by atoms with E-state index in [1.54, 1.807) is 0 Å². The molecule has 0 fully saturated rings. The maximum Gasteiger partial charge on any atom is 0.472 e. The molecule has 5 atom stereocenters. The molecule has 0 saturated carbocycles. The van der Waals surface area contributed by atoms with Gasteiger partial charge in [-0.05, 0) is 89.9 Å². The number of aliphatic hydroxyl groups is 2. The Morgan fingerprint density at radius 2 is 0.621 bits per heavy atom. The van der Waals surface area contributed by atoms with Crippen molar-refractivity contribution in [2.45, 2.75) is 296 Å². The Balaban J connectivity index is 4.37. The molecule has 0 aliphatic heterocycles. The molecule has 18 heteroatoms. The van der Waals surface area contributed by atoms with Gasteiger partial charge in [-0.15, -0.1) is 0 Å². The number of hydrogen-bond acceptors (Lipinski definition) is 14. The lowest BCUT2D eigenvalue weighted by Gasteiger charge is -2.21. The van der Waals surface area contributed by atoms with Crippen molar-refractivity contribution in [3.05, 3.63) is 85.1 Å². The monoisotopic (exact) mass is 1270 g/mol. The molecule has 16 nitrogen and oxygen atoms in total. The average Bonchev–Trinajstić information content (AvgIpc) is 3.62. The largest absolute Gasteiger partial charge is 0.472 e. The first-order valence-electron chi connectivity index (χ1n) is 33.9. The summed E-state index contributed by atoms with van der Waals surface area (Å²) < 4.78 is 60.7. The van der Waals surface area contributed by atoms with E-state index in [4.69, 9.17) is 32.3 Å². The normalized spacial score (nSPS) is 14.8. The molecule has 0 rings (SSSR count). The molecule has 0 spiro atoms. The Kier molecular flexibility index (Phi) is 60.5. The highest BCUT2D eigenvalue weighted by Crippen LogP contribution is 2.45. The smallest absolute Gasteiger partial charge is 0.463 e. The van der Waals surface area contributed by atoms with Crippen LogP contribution in [0.2, 0.25) is 0 Å². The van der Waals surface area contributed by atoms with Crippen LogP contribution in [0.5, 0.6) is 0 Å². The summed E-state index contributed by atoms with van der Waals surface area (Å²) in [5, 5.41) is 20.5. The van der Waals surface area contributed by atoms with Gasteiger partial charge in [-0.3, -0.25) is 32.5 Å². The van der Waals surface area contributed by atoms with E-state index in [1.165, 1.54) is 83.5 Å². The van der Waals surface area contributed by atoms with E-state index in [0.717, 1.165) is 135 Å². The number of carbonyl (C=O) groups is 3. The van der Waals surface area contributed by atoms with Crippen LogP contribution in [-0.4, -0.2) is 95.9 Å². The average molecular weight is 1270 g/mol. The molecule has 0 bridgehead atoms. The van der Waals surface area contributed by atoms with Crippen LogP contribution in [0.1, 0.15) is 278 Å². The second-order valence-corrected chi connectivity index (χ2v) is 25.5. The number of phosphoric acid groups is 2. The Morgan fingerprint density at radius 3 is 1.01 bits per heavy atom. The number of ether oxygens (including phenoxy) is 3. The van der Waals surface area contributed by atoms with Crippen molar-refractivity contribution in [1.29, 1.82) is 0 Å². The van der Waals surface area contributed by atoms with E-state index in [0.29, 0.717) is 19.3 Å². The van der Waals surface area contributed by atoms with Crippen molar-refractivity contribution < 1.29 is 75.8 Å². The molecule has 0 heterocycles. The van der Waals surface area contributed by atoms with Crippen molar-refractivity contribution in [3.63, 3.8) is 0 Å². The van der Waals surface area contributed by atoms with E-state index in [1.807, 2.05) is 0 Å². The lowest BCUT2D eigenvalue weighted by Crippen LogP contribution is -2.30. The van der Waals surface area contributed by atoms with Crippen LogP contribution in [0.25, 0.3) is 0 Å². The molecule has 87 heavy (non-hydrogen) atoms. The molecular formula is C69H122O16P2. The van der Waals surface area contributed by atoms with E-state index in [2.05, 4.69) is 106 Å². The number of phosphoric ester groups is 2. The standard InChI is InChI=1S/C69H122O16P2/c1-4-7-10-13-16-19-22-23-24-25-26-27-28-29-30-31-32-33-34-35-36-37-38-39-42-44-46-49-52-55-67(72)79-58-64(70)59-81-86(75,76)82-60-65(71)61-83-87(77,78)84-63-66(85-69(74)57-54-51-48-45-41-21-18-15-12-9-6-3)62-80-68(73)56-53-50-47-43-40-20-17-14-11-8-5-2/h7,10,14,16-17,19,23-24,26-27,29-30,32-33,64-66,70-71H,4-6,8-9,11-13,15,18,20-22,25,28,31,34-63H2,1-3H3,(H,75,76)(H,77,78)/b10-7-,17-14-,19-16-,24-23-,27-26-,30-29-,33-32-. The highest BCUT2D eigenvalue weighted by molar-refractivity contribution is 7.47. The predicted octanol–water partition coefficient (Wildman–Crippen LogP) is 18.5. The first kappa shape index (κ1) is 83.7. The quantitative estimate of drug-likeness (QED) is 0.0146. The van der Waals surface area contributed by atoms with Crippen LogP contribution in [0.15, 0.2) is 85.1 Å². The van der Waals surface area contributed by atoms with Crippen LogP contribution in [0.3, 0.4) is 0 Å². The molecule has 0 radical (unpaired) electrons. The summed E-state index contributed by atoms with van der Waals surface area (Å²) >= 11 is 0. The Hall–Kier alpha value is -3.27. The van der Waals surface area contributed by atoms with E-state index in [-0.39, 0.29) is 19.3 Å². The lowest BCUT2D eigenvalue weighted by molar-refractivity contribution is -0.161. The second kappa shape index (κ2) is 62.9. The fourth-order valence-corrected chi connectivity index (χ4v) is 10.5. The van der Waals surface area contributed by atoms with Gasteiger partial charge in [-0.1, -0.05) is 254 Å². The number of rotatable bonds is 64. The first-order chi connectivity index (χ1) is 42.2. The van der Waals surface area contributed by atoms with Gasteiger partial charge in [-0.2, -0.15) is 0 Å². The summed E-state index contributed by atoms with van der Waals surface area (Å²) in [6.45, 7) is 2.49. The SMILES string of the molecule is CC/C=C\C/C=C\C/C=C\C/C=C\C/C=C\C/C=C\CCCCCCCCCCCCC(=O)OCC(O)COP(=O)(O)OCC(O)COP(=O)(O)OCC(COC(=O)CCCCCCC/C=C\CCCC)OC(=O)CCCCCCCCCCCCC. The molecular weight excluding hydrogens is 1150 g/mol. The summed E-state index contributed by atoms with van der Waals surface area (Å²) in [5.74, 6) is -1.58. The minimum Gasteiger partial charge on any atom is -0.463 e. The van der Waals surface area contributed by atoms with E-state index >= 15 is 0 Å². The number of aliphatic hydroxyl groups excluding tert-OH is 2. The zero-order valence-electron chi connectivity index (χ0n) is 54.4.